The van der Waals surface area contributed by atoms with Gasteiger partial charge in [0.1, 0.15) is 42.3 Å². The second kappa shape index (κ2) is 27.8. The number of nitrogens with two attached hydrogens (primary N) is 4. The van der Waals surface area contributed by atoms with Gasteiger partial charge in [-0.15, -0.1) is 0 Å². The molecule has 1 aromatic heterocycles. The van der Waals surface area contributed by atoms with E-state index >= 15 is 14.4 Å². The Bertz CT molecular complexity index is 2500. The third kappa shape index (κ3) is 16.3. The van der Waals surface area contributed by atoms with Crippen LogP contribution in [0.2, 0.25) is 0 Å². The van der Waals surface area contributed by atoms with Crippen molar-refractivity contribution in [1.29, 1.82) is 0 Å². The number of imidazole rings is 1. The number of aromatic nitrogens is 2. The fourth-order valence-electron chi connectivity index (χ4n) is 9.12. The third-order valence-electron chi connectivity index (χ3n) is 13.0. The molecule has 0 spiro atoms. The molecule has 2 aliphatic rings. The number of carbonyl (C=O) groups excluding carboxylic acids is 8. The van der Waals surface area contributed by atoms with Crippen molar-refractivity contribution >= 4 is 59.2 Å². The molecule has 0 unspecified atom stereocenters. The van der Waals surface area contributed by atoms with Gasteiger partial charge < -0.3 is 69.4 Å². The van der Waals surface area contributed by atoms with Crippen molar-refractivity contribution in [2.24, 2.45) is 27.9 Å². The Kier molecular flexibility index (Phi) is 21.4. The summed E-state index contributed by atoms with van der Waals surface area (Å²) in [4.78, 5) is 137. The molecule has 0 saturated carbocycles. The van der Waals surface area contributed by atoms with Gasteiger partial charge in [-0.1, -0.05) is 68.3 Å². The van der Waals surface area contributed by atoms with Gasteiger partial charge in [0, 0.05) is 57.7 Å². The predicted molar refractivity (Wildman–Crippen MR) is 270 cm³/mol. The van der Waals surface area contributed by atoms with Crippen LogP contribution in [-0.2, 0) is 75.5 Å². The van der Waals surface area contributed by atoms with Crippen molar-refractivity contribution in [3.05, 3.63) is 89.0 Å². The van der Waals surface area contributed by atoms with E-state index in [9.17, 15) is 33.9 Å². The summed E-state index contributed by atoms with van der Waals surface area (Å²) >= 11 is 0. The molecule has 0 aliphatic carbocycles. The standard InChI is InChI=1S/C50H70N14O10/c1-3-4-16-36(58-29(2)65)44(69)61-38(24-42(66)67)45(70)62-39(23-34-25-55-28-57-34)49(74)64-27-33-15-8-6-13-31(33)22-41(64)47(72)60-37(18-11-20-56-50(53)54)48(73)63-26-32-14-7-5-12-30(32)21-40(63)46(71)59-35(43(52)68)17-9-10-19-51/h5-8,12-15,25,28,35-41H,3-4,9-11,16-24,26-27,51H2,1-2H3,(H2,52,68)(H,55,57)(H,58,65)(H,59,71)(H,60,72)(H,61,69)(H,62,70)(H,66,67)(H4,53,54,56)/t35-,36-,37-,38-,39-,40-,41+/m0/s1. The number of benzene rings is 2. The number of aliphatic imine (C=N–C) groups is 1. The molecule has 24 nitrogen and oxygen atoms in total. The number of hydrogen-bond acceptors (Lipinski definition) is 12. The number of unbranched alkanes of at least 4 members (excludes halogenated alkanes) is 2. The van der Waals surface area contributed by atoms with Gasteiger partial charge in [-0.3, -0.25) is 48.1 Å². The van der Waals surface area contributed by atoms with Crippen LogP contribution in [0.15, 0.2) is 66.0 Å². The summed E-state index contributed by atoms with van der Waals surface area (Å²) < 4.78 is 0. The van der Waals surface area contributed by atoms with Crippen LogP contribution in [0.4, 0.5) is 0 Å². The van der Waals surface area contributed by atoms with E-state index < -0.39 is 102 Å². The summed E-state index contributed by atoms with van der Waals surface area (Å²) in [6.07, 6.45) is 4.64. The van der Waals surface area contributed by atoms with Crippen LogP contribution < -0.4 is 49.5 Å². The quantitative estimate of drug-likeness (QED) is 0.0239. The number of primary amides is 1. The minimum absolute atomic E-state index is 0.0233. The SMILES string of the molecule is CCCC[C@H](NC(C)=O)C(=O)N[C@@H](CC(=O)O)C(=O)N[C@@H](Cc1cnc[nH]1)C(=O)N1Cc2ccccc2C[C@@H]1C(=O)N[C@@H](CCCN=C(N)N)C(=O)N1Cc2ccccc2C[C@H]1C(=O)N[C@@H](CCCCN)C(N)=O. The highest BCUT2D eigenvalue weighted by molar-refractivity contribution is 5.99. The summed E-state index contributed by atoms with van der Waals surface area (Å²) in [6.45, 7) is 3.39. The van der Waals surface area contributed by atoms with Crippen LogP contribution >= 0.6 is 0 Å². The Balaban J connectivity index is 1.49. The fraction of sp³-hybridized carbons (Fsp3) is 0.500. The number of aliphatic carboxylic acids is 1. The van der Waals surface area contributed by atoms with Crippen molar-refractivity contribution in [3.8, 4) is 0 Å². The molecule has 0 fully saturated rings. The topological polar surface area (TPSA) is 386 Å². The van der Waals surface area contributed by atoms with Gasteiger partial charge in [0.15, 0.2) is 5.96 Å². The number of rotatable bonds is 27. The highest BCUT2D eigenvalue weighted by atomic mass is 16.4. The Morgan fingerprint density at radius 3 is 1.73 bits per heavy atom. The van der Waals surface area contributed by atoms with Gasteiger partial charge in [-0.2, -0.15) is 0 Å². The van der Waals surface area contributed by atoms with E-state index in [4.69, 9.17) is 22.9 Å². The van der Waals surface area contributed by atoms with Gasteiger partial charge >= 0.3 is 5.97 Å². The Hall–Kier alpha value is -7.89. The van der Waals surface area contributed by atoms with E-state index in [1.807, 2.05) is 25.1 Å². The van der Waals surface area contributed by atoms with Crippen LogP contribution in [0, 0.1) is 0 Å². The molecule has 0 bridgehead atoms. The molecule has 8 amide bonds. The molecular weight excluding hydrogens is 957 g/mol. The molecule has 3 heterocycles. The zero-order chi connectivity index (χ0) is 53.9. The van der Waals surface area contributed by atoms with Crippen LogP contribution in [0.5, 0.6) is 0 Å². The number of amides is 8. The summed E-state index contributed by atoms with van der Waals surface area (Å²) in [5.74, 6) is -7.51. The first-order valence-electron chi connectivity index (χ1n) is 24.9. The fourth-order valence-corrected chi connectivity index (χ4v) is 9.12. The second-order valence-corrected chi connectivity index (χ2v) is 18.6. The normalized spacial score (nSPS) is 16.9. The molecule has 7 atom stereocenters. The second-order valence-electron chi connectivity index (χ2n) is 18.6. The van der Waals surface area contributed by atoms with Crippen molar-refractivity contribution in [3.63, 3.8) is 0 Å². The van der Waals surface area contributed by atoms with Crippen LogP contribution in [-0.4, -0.2) is 139 Å². The van der Waals surface area contributed by atoms with E-state index in [1.54, 1.807) is 30.3 Å². The Morgan fingerprint density at radius 2 is 1.22 bits per heavy atom. The monoisotopic (exact) mass is 1030 g/mol. The largest absolute Gasteiger partial charge is 0.481 e. The van der Waals surface area contributed by atoms with E-state index in [1.165, 1.54) is 29.2 Å². The molecule has 5 rings (SSSR count). The Labute approximate surface area is 429 Å². The van der Waals surface area contributed by atoms with Gasteiger partial charge in [-0.05, 0) is 67.3 Å². The zero-order valence-corrected chi connectivity index (χ0v) is 41.8. The number of carboxylic acids is 1. The molecule has 2 aliphatic heterocycles. The molecule has 3 aromatic rings. The van der Waals surface area contributed by atoms with E-state index in [-0.39, 0.29) is 70.5 Å². The first-order chi connectivity index (χ1) is 35.4. The van der Waals surface area contributed by atoms with Crippen LogP contribution in [0.25, 0.3) is 0 Å². The number of carboxylic acid groups (broad SMARTS) is 1. The smallest absolute Gasteiger partial charge is 0.305 e. The highest BCUT2D eigenvalue weighted by Crippen LogP contribution is 2.28. The average molecular weight is 1030 g/mol. The highest BCUT2D eigenvalue weighted by Gasteiger charge is 2.43. The summed E-state index contributed by atoms with van der Waals surface area (Å²) in [5.41, 5.74) is 26.0. The number of fused-ring (bicyclic) bond motifs is 2. The number of nitrogens with one attached hydrogen (secondary N) is 6. The molecule has 0 saturated heterocycles. The maximum atomic E-state index is 15.1. The molecule has 15 N–H and O–H groups in total. The minimum Gasteiger partial charge on any atom is -0.481 e. The van der Waals surface area contributed by atoms with E-state index in [0.29, 0.717) is 43.5 Å². The number of hydrogen-bond donors (Lipinski definition) is 11. The van der Waals surface area contributed by atoms with Crippen molar-refractivity contribution in [1.82, 2.24) is 46.4 Å². The van der Waals surface area contributed by atoms with Gasteiger partial charge in [0.25, 0.3) is 0 Å². The van der Waals surface area contributed by atoms with E-state index in [2.05, 4.69) is 41.5 Å². The number of H-pyrrole nitrogens is 1. The lowest BCUT2D eigenvalue weighted by Gasteiger charge is -2.40. The summed E-state index contributed by atoms with van der Waals surface area (Å²) in [6, 6.07) is 5.34. The average Bonchev–Trinajstić information content (AvgIpc) is 3.89. The molecule has 74 heavy (non-hydrogen) atoms. The van der Waals surface area contributed by atoms with E-state index in [0.717, 1.165) is 16.7 Å². The van der Waals surface area contributed by atoms with Crippen molar-refractivity contribution in [2.45, 2.75) is 146 Å². The molecule has 400 valence electrons. The van der Waals surface area contributed by atoms with Gasteiger partial charge in [0.05, 0.1) is 12.7 Å². The summed E-state index contributed by atoms with van der Waals surface area (Å²) in [7, 11) is 0. The lowest BCUT2D eigenvalue weighted by molar-refractivity contribution is -0.148. The maximum Gasteiger partial charge on any atom is 0.305 e. The molecule has 2 aromatic carbocycles. The van der Waals surface area contributed by atoms with Crippen molar-refractivity contribution in [2.75, 3.05) is 13.1 Å². The van der Waals surface area contributed by atoms with Gasteiger partial charge in [0.2, 0.25) is 47.3 Å². The van der Waals surface area contributed by atoms with Crippen molar-refractivity contribution < 1.29 is 48.3 Å². The lowest BCUT2D eigenvalue weighted by Crippen LogP contribution is -2.63. The first kappa shape index (κ1) is 57.0. The molecule has 0 radical (unpaired) electrons. The number of nitrogens with zero attached hydrogens (tertiary/aromatic N) is 4. The summed E-state index contributed by atoms with van der Waals surface area (Å²) in [5, 5.41) is 23.1. The third-order valence-corrected chi connectivity index (χ3v) is 13.0. The minimum atomic E-state index is -1.70. The van der Waals surface area contributed by atoms with Crippen LogP contribution in [0.1, 0.15) is 99.6 Å². The number of aromatic amines is 1. The van der Waals surface area contributed by atoms with Gasteiger partial charge in [-0.25, -0.2) is 4.98 Å². The Morgan fingerprint density at radius 1 is 0.689 bits per heavy atom. The zero-order valence-electron chi connectivity index (χ0n) is 41.8. The molecular formula is C50H70N14O10. The number of guanidine groups is 1. The first-order valence-corrected chi connectivity index (χ1v) is 24.9. The maximum absolute atomic E-state index is 15.1. The predicted octanol–water partition coefficient (Wildman–Crippen LogP) is -1.36. The number of carbonyl (C=O) groups is 9. The van der Waals surface area contributed by atoms with Crippen LogP contribution in [0.3, 0.4) is 0 Å². The lowest BCUT2D eigenvalue weighted by atomic mass is 9.91. The molecule has 24 heteroatoms.